The van der Waals surface area contributed by atoms with Crippen molar-refractivity contribution in [1.29, 1.82) is 0 Å². The van der Waals surface area contributed by atoms with Crippen molar-refractivity contribution in [2.45, 2.75) is 20.8 Å². The monoisotopic (exact) mass is 396 g/mol. The van der Waals surface area contributed by atoms with Crippen LogP contribution in [-0.4, -0.2) is 24.7 Å². The zero-order valence-electron chi connectivity index (χ0n) is 16.5. The number of thiocarbonyl (C=S) groups is 1. The van der Waals surface area contributed by atoms with Crippen molar-refractivity contribution in [1.82, 2.24) is 5.32 Å². The first kappa shape index (κ1) is 19.9. The van der Waals surface area contributed by atoms with Crippen molar-refractivity contribution in [3.8, 4) is 11.5 Å². The lowest BCUT2D eigenvalue weighted by Gasteiger charge is -2.14. The summed E-state index contributed by atoms with van der Waals surface area (Å²) < 4.78 is 11.2. The van der Waals surface area contributed by atoms with Gasteiger partial charge in [0.2, 0.25) is 0 Å². The molecule has 6 heteroatoms. The van der Waals surface area contributed by atoms with Crippen molar-refractivity contribution in [2.75, 3.05) is 18.6 Å². The molecule has 1 aliphatic heterocycles. The Morgan fingerprint density at radius 2 is 1.86 bits per heavy atom. The Morgan fingerprint density at radius 3 is 2.50 bits per heavy atom. The largest absolute Gasteiger partial charge is 0.493 e. The summed E-state index contributed by atoms with van der Waals surface area (Å²) in [6.07, 6.45) is 1.76. The predicted molar refractivity (Wildman–Crippen MR) is 116 cm³/mol. The van der Waals surface area contributed by atoms with Gasteiger partial charge in [-0.1, -0.05) is 37.6 Å². The fourth-order valence-electron chi connectivity index (χ4n) is 2.78. The molecule has 0 bridgehead atoms. The molecular weight excluding hydrogens is 372 g/mol. The van der Waals surface area contributed by atoms with Crippen LogP contribution in [0.2, 0.25) is 0 Å². The number of amides is 1. The molecule has 2 aromatic carbocycles. The highest BCUT2D eigenvalue weighted by Crippen LogP contribution is 2.30. The number of carbonyl (C=O) groups excluding carboxylic acids is 1. The van der Waals surface area contributed by atoms with Crippen LogP contribution in [0.15, 0.2) is 48.2 Å². The van der Waals surface area contributed by atoms with E-state index in [0.29, 0.717) is 34.8 Å². The van der Waals surface area contributed by atoms with E-state index >= 15 is 0 Å². The zero-order valence-corrected chi connectivity index (χ0v) is 17.3. The minimum absolute atomic E-state index is 0.187. The van der Waals surface area contributed by atoms with E-state index in [2.05, 4.69) is 19.2 Å². The molecule has 0 spiro atoms. The normalized spacial score (nSPS) is 15.3. The number of aryl methyl sites for hydroxylation is 1. The lowest BCUT2D eigenvalue weighted by Crippen LogP contribution is -2.30. The molecule has 1 N–H and O–H groups in total. The highest BCUT2D eigenvalue weighted by Gasteiger charge is 2.31. The topological polar surface area (TPSA) is 50.8 Å². The summed E-state index contributed by atoms with van der Waals surface area (Å²) in [5, 5.41) is 3.37. The van der Waals surface area contributed by atoms with Crippen molar-refractivity contribution < 1.29 is 14.3 Å². The van der Waals surface area contributed by atoms with Gasteiger partial charge in [-0.15, -0.1) is 0 Å². The molecule has 1 amide bonds. The van der Waals surface area contributed by atoms with Gasteiger partial charge in [0.15, 0.2) is 16.6 Å². The van der Waals surface area contributed by atoms with Crippen LogP contribution in [0.3, 0.4) is 0 Å². The van der Waals surface area contributed by atoms with Gasteiger partial charge in [-0.3, -0.25) is 9.69 Å². The summed E-state index contributed by atoms with van der Waals surface area (Å²) in [6, 6.07) is 13.2. The van der Waals surface area contributed by atoms with Gasteiger partial charge in [-0.2, -0.15) is 0 Å². The van der Waals surface area contributed by atoms with Crippen molar-refractivity contribution in [2.24, 2.45) is 5.92 Å². The van der Waals surface area contributed by atoms with Crippen LogP contribution >= 0.6 is 12.2 Å². The number of rotatable bonds is 6. The third-order valence-electron chi connectivity index (χ3n) is 4.24. The molecule has 0 aliphatic carbocycles. The SMILES string of the molecule is COc1cc(/C=C2\NC(=S)N(c3ccc(C)cc3)C2=O)ccc1OCC(C)C. The van der Waals surface area contributed by atoms with Crippen molar-refractivity contribution in [3.63, 3.8) is 0 Å². The number of ether oxygens (including phenoxy) is 2. The Labute approximate surface area is 170 Å². The van der Waals surface area contributed by atoms with Gasteiger partial charge in [0.25, 0.3) is 5.91 Å². The van der Waals surface area contributed by atoms with Gasteiger partial charge in [-0.05, 0) is 61.0 Å². The standard InChI is InChI=1S/C22H24N2O3S/c1-14(2)13-27-19-10-7-16(12-20(19)26-4)11-18-21(25)24(22(28)23-18)17-8-5-15(3)6-9-17/h5-12,14H,13H2,1-4H3,(H,23,28)/b18-11-. The molecular formula is C22H24N2O3S. The first-order valence-corrected chi connectivity index (χ1v) is 9.54. The summed E-state index contributed by atoms with van der Waals surface area (Å²) in [5.74, 6) is 1.54. The number of hydrogen-bond acceptors (Lipinski definition) is 4. The third kappa shape index (κ3) is 4.34. The van der Waals surface area contributed by atoms with Crippen molar-refractivity contribution >= 4 is 35.0 Å². The highest BCUT2D eigenvalue weighted by atomic mass is 32.1. The zero-order chi connectivity index (χ0) is 20.3. The Kier molecular flexibility index (Phi) is 5.99. The lowest BCUT2D eigenvalue weighted by atomic mass is 10.1. The number of carbonyl (C=O) groups is 1. The second kappa shape index (κ2) is 8.44. The van der Waals surface area contributed by atoms with Crippen LogP contribution in [-0.2, 0) is 4.79 Å². The fraction of sp³-hybridized carbons (Fsp3) is 0.273. The van der Waals surface area contributed by atoms with E-state index in [1.165, 1.54) is 4.90 Å². The summed E-state index contributed by atoms with van der Waals surface area (Å²) in [5.41, 5.74) is 3.10. The average molecular weight is 397 g/mol. The maximum absolute atomic E-state index is 12.9. The lowest BCUT2D eigenvalue weighted by molar-refractivity contribution is -0.113. The van der Waals surface area contributed by atoms with Gasteiger partial charge in [0, 0.05) is 0 Å². The van der Waals surface area contributed by atoms with Crippen LogP contribution in [0.4, 0.5) is 5.69 Å². The summed E-state index contributed by atoms with van der Waals surface area (Å²) >= 11 is 5.36. The quantitative estimate of drug-likeness (QED) is 0.583. The summed E-state index contributed by atoms with van der Waals surface area (Å²) in [6.45, 7) is 6.78. The molecule has 1 fully saturated rings. The van der Waals surface area contributed by atoms with Crippen LogP contribution < -0.4 is 19.7 Å². The number of nitrogens with zero attached hydrogens (tertiary/aromatic N) is 1. The van der Waals surface area contributed by atoms with Gasteiger partial charge in [0.1, 0.15) is 5.70 Å². The molecule has 0 unspecified atom stereocenters. The smallest absolute Gasteiger partial charge is 0.281 e. The molecule has 1 saturated heterocycles. The molecule has 1 aliphatic rings. The van der Waals surface area contributed by atoms with E-state index < -0.39 is 0 Å². The van der Waals surface area contributed by atoms with E-state index in [9.17, 15) is 4.79 Å². The van der Waals surface area contributed by atoms with Gasteiger partial charge >= 0.3 is 0 Å². The molecule has 28 heavy (non-hydrogen) atoms. The van der Waals surface area contributed by atoms with E-state index in [4.69, 9.17) is 21.7 Å². The van der Waals surface area contributed by atoms with E-state index in [1.54, 1.807) is 13.2 Å². The van der Waals surface area contributed by atoms with Gasteiger partial charge in [0.05, 0.1) is 19.4 Å². The number of nitrogens with one attached hydrogen (secondary N) is 1. The van der Waals surface area contributed by atoms with E-state index in [0.717, 1.165) is 16.8 Å². The first-order chi connectivity index (χ1) is 13.4. The Hall–Kier alpha value is -2.86. The summed E-state index contributed by atoms with van der Waals surface area (Å²) in [4.78, 5) is 14.4. The Morgan fingerprint density at radius 1 is 1.14 bits per heavy atom. The van der Waals surface area contributed by atoms with E-state index in [1.807, 2.05) is 49.4 Å². The Balaban J connectivity index is 1.84. The van der Waals surface area contributed by atoms with Crippen LogP contribution in [0.1, 0.15) is 25.0 Å². The molecule has 0 atom stereocenters. The first-order valence-electron chi connectivity index (χ1n) is 9.13. The average Bonchev–Trinajstić information content (AvgIpc) is 2.94. The molecule has 0 radical (unpaired) electrons. The highest BCUT2D eigenvalue weighted by molar-refractivity contribution is 7.80. The molecule has 0 aromatic heterocycles. The predicted octanol–water partition coefficient (Wildman–Crippen LogP) is 4.30. The number of benzene rings is 2. The Bertz CT molecular complexity index is 920. The number of methoxy groups -OCH3 is 1. The number of anilines is 1. The van der Waals surface area contributed by atoms with Crippen LogP contribution in [0.25, 0.3) is 6.08 Å². The minimum Gasteiger partial charge on any atom is -0.493 e. The molecule has 3 rings (SSSR count). The molecule has 146 valence electrons. The number of hydrogen-bond donors (Lipinski definition) is 1. The van der Waals surface area contributed by atoms with Crippen LogP contribution in [0, 0.1) is 12.8 Å². The van der Waals surface area contributed by atoms with E-state index in [-0.39, 0.29) is 5.91 Å². The van der Waals surface area contributed by atoms with Crippen LogP contribution in [0.5, 0.6) is 11.5 Å². The minimum atomic E-state index is -0.187. The molecule has 5 nitrogen and oxygen atoms in total. The van der Waals surface area contributed by atoms with Crippen molar-refractivity contribution in [3.05, 3.63) is 59.3 Å². The molecule has 0 saturated carbocycles. The fourth-order valence-corrected chi connectivity index (χ4v) is 3.08. The second-order valence-electron chi connectivity index (χ2n) is 7.08. The van der Waals surface area contributed by atoms with Gasteiger partial charge in [-0.25, -0.2) is 0 Å². The third-order valence-corrected chi connectivity index (χ3v) is 4.53. The summed E-state index contributed by atoms with van der Waals surface area (Å²) in [7, 11) is 1.60. The molecule has 2 aromatic rings. The maximum atomic E-state index is 12.9. The molecule has 1 heterocycles. The van der Waals surface area contributed by atoms with Gasteiger partial charge < -0.3 is 14.8 Å². The second-order valence-corrected chi connectivity index (χ2v) is 7.47. The maximum Gasteiger partial charge on any atom is 0.281 e.